The topological polar surface area (TPSA) is 60.2 Å². The van der Waals surface area contributed by atoms with Gasteiger partial charge in [0.15, 0.2) is 0 Å². The van der Waals surface area contributed by atoms with Crippen LogP contribution in [-0.4, -0.2) is 44.7 Å². The third-order valence-corrected chi connectivity index (χ3v) is 4.01. The quantitative estimate of drug-likeness (QED) is 0.819. The Morgan fingerprint density at radius 2 is 2.14 bits per heavy atom. The van der Waals surface area contributed by atoms with Crippen molar-refractivity contribution in [2.75, 3.05) is 13.1 Å². The summed E-state index contributed by atoms with van der Waals surface area (Å²) < 4.78 is 8.25. The molecule has 1 aromatic carbocycles. The van der Waals surface area contributed by atoms with Crippen LogP contribution in [0, 0.1) is 5.92 Å². The fourth-order valence-corrected chi connectivity index (χ4v) is 2.83. The molecule has 22 heavy (non-hydrogen) atoms. The molecule has 0 radical (unpaired) electrons. The molecule has 1 amide bonds. The van der Waals surface area contributed by atoms with Gasteiger partial charge in [0.2, 0.25) is 0 Å². The summed E-state index contributed by atoms with van der Waals surface area (Å²) in [7, 11) is 0. The van der Waals surface area contributed by atoms with Crippen LogP contribution in [-0.2, 0) is 11.3 Å². The van der Waals surface area contributed by atoms with Crippen LogP contribution in [0.3, 0.4) is 0 Å². The summed E-state index contributed by atoms with van der Waals surface area (Å²) in [4.78, 5) is 13.6. The fraction of sp³-hybridized carbons (Fsp3) is 0.533. The van der Waals surface area contributed by atoms with Crippen molar-refractivity contribution < 1.29 is 9.53 Å². The Morgan fingerprint density at radius 3 is 2.82 bits per heavy atom. The van der Waals surface area contributed by atoms with E-state index in [4.69, 9.17) is 4.74 Å². The second-order valence-electron chi connectivity index (χ2n) is 6.66. The Morgan fingerprint density at radius 1 is 1.41 bits per heavy atom. The van der Waals surface area contributed by atoms with E-state index in [0.717, 1.165) is 22.1 Å². The summed E-state index contributed by atoms with van der Waals surface area (Å²) in [6, 6.07) is 5.94. The summed E-state index contributed by atoms with van der Waals surface area (Å²) in [5.41, 5.74) is 1.44. The van der Waals surface area contributed by atoms with E-state index in [0.29, 0.717) is 19.0 Å². The predicted octanol–water partition coefficient (Wildman–Crippen LogP) is 3.06. The van der Waals surface area contributed by atoms with Gasteiger partial charge in [-0.1, -0.05) is 21.1 Å². The maximum Gasteiger partial charge on any atom is 0.410 e. The number of hydrogen-bond acceptors (Lipinski definition) is 4. The second-order valence-corrected chi connectivity index (χ2v) is 7.57. The van der Waals surface area contributed by atoms with Crippen molar-refractivity contribution >= 4 is 33.1 Å². The molecule has 0 atom stereocenters. The van der Waals surface area contributed by atoms with Crippen molar-refractivity contribution in [3.63, 3.8) is 0 Å². The normalized spacial score (nSPS) is 15.9. The van der Waals surface area contributed by atoms with Gasteiger partial charge >= 0.3 is 6.09 Å². The lowest BCUT2D eigenvalue weighted by molar-refractivity contribution is -0.00371. The number of ether oxygens (including phenoxy) is 1. The number of carbonyl (C=O) groups is 1. The zero-order chi connectivity index (χ0) is 15.9. The average Bonchev–Trinajstić information content (AvgIpc) is 2.73. The number of hydrogen-bond donors (Lipinski definition) is 0. The molecule has 1 aliphatic rings. The molecular formula is C15H19BrN4O2. The first-order valence-corrected chi connectivity index (χ1v) is 8.08. The van der Waals surface area contributed by atoms with Crippen molar-refractivity contribution in [1.82, 2.24) is 19.9 Å². The minimum absolute atomic E-state index is 0.240. The van der Waals surface area contributed by atoms with Gasteiger partial charge in [-0.15, -0.1) is 5.10 Å². The van der Waals surface area contributed by atoms with Gasteiger partial charge in [0, 0.05) is 30.0 Å². The smallest absolute Gasteiger partial charge is 0.410 e. The van der Waals surface area contributed by atoms with Crippen LogP contribution in [0.4, 0.5) is 4.79 Å². The Bertz CT molecular complexity index is 701. The fourth-order valence-electron chi connectivity index (χ4n) is 2.49. The number of likely N-dealkylation sites (tertiary alicyclic amines) is 1. The van der Waals surface area contributed by atoms with E-state index in [2.05, 4.69) is 26.2 Å². The molecule has 118 valence electrons. The van der Waals surface area contributed by atoms with E-state index in [9.17, 15) is 4.79 Å². The molecule has 0 aliphatic carbocycles. The van der Waals surface area contributed by atoms with Gasteiger partial charge in [-0.05, 0) is 39.0 Å². The molecule has 0 N–H and O–H groups in total. The van der Waals surface area contributed by atoms with E-state index in [1.165, 1.54) is 0 Å². The molecular weight excluding hydrogens is 348 g/mol. The highest BCUT2D eigenvalue weighted by Crippen LogP contribution is 2.23. The van der Waals surface area contributed by atoms with Crippen molar-refractivity contribution in [3.05, 3.63) is 22.7 Å². The number of rotatable bonds is 2. The maximum atomic E-state index is 11.9. The van der Waals surface area contributed by atoms with Gasteiger partial charge < -0.3 is 9.64 Å². The maximum absolute atomic E-state index is 11.9. The van der Waals surface area contributed by atoms with E-state index in [1.54, 1.807) is 4.90 Å². The third kappa shape index (κ3) is 3.24. The SMILES string of the molecule is CC(C)(C)OC(=O)N1CC(Cn2nnc3cc(Br)ccc32)C1. The van der Waals surface area contributed by atoms with E-state index in [1.807, 2.05) is 43.7 Å². The number of carbonyl (C=O) groups excluding carboxylic acids is 1. The van der Waals surface area contributed by atoms with Crippen molar-refractivity contribution in [1.29, 1.82) is 0 Å². The Balaban J connectivity index is 1.59. The van der Waals surface area contributed by atoms with E-state index in [-0.39, 0.29) is 6.09 Å². The standard InChI is InChI=1S/C15H19BrN4O2/c1-15(2,3)22-14(21)19-7-10(8-19)9-20-13-5-4-11(16)6-12(13)17-18-20/h4-6,10H,7-9H2,1-3H3. The summed E-state index contributed by atoms with van der Waals surface area (Å²) in [5.74, 6) is 0.390. The number of fused-ring (bicyclic) bond motifs is 1. The highest BCUT2D eigenvalue weighted by atomic mass is 79.9. The highest BCUT2D eigenvalue weighted by Gasteiger charge is 2.34. The molecule has 3 rings (SSSR count). The number of benzene rings is 1. The van der Waals surface area contributed by atoms with Crippen LogP contribution in [0.2, 0.25) is 0 Å². The monoisotopic (exact) mass is 366 g/mol. The molecule has 0 unspecified atom stereocenters. The van der Waals surface area contributed by atoms with Crippen LogP contribution >= 0.6 is 15.9 Å². The Kier molecular flexibility index (Phi) is 3.84. The van der Waals surface area contributed by atoms with Crippen molar-refractivity contribution in [2.45, 2.75) is 32.9 Å². The van der Waals surface area contributed by atoms with E-state index >= 15 is 0 Å². The van der Waals surface area contributed by atoms with Gasteiger partial charge in [-0.3, -0.25) is 0 Å². The predicted molar refractivity (Wildman–Crippen MR) is 86.5 cm³/mol. The van der Waals surface area contributed by atoms with Gasteiger partial charge in [-0.25, -0.2) is 9.48 Å². The molecule has 2 aromatic rings. The lowest BCUT2D eigenvalue weighted by atomic mass is 10.0. The zero-order valence-corrected chi connectivity index (χ0v) is 14.5. The van der Waals surface area contributed by atoms with Gasteiger partial charge in [0.25, 0.3) is 0 Å². The lowest BCUT2D eigenvalue weighted by Crippen LogP contribution is -2.52. The van der Waals surface area contributed by atoms with Crippen LogP contribution in [0.25, 0.3) is 11.0 Å². The molecule has 2 heterocycles. The van der Waals surface area contributed by atoms with Crippen LogP contribution < -0.4 is 0 Å². The van der Waals surface area contributed by atoms with Crippen molar-refractivity contribution in [2.24, 2.45) is 5.92 Å². The third-order valence-electron chi connectivity index (χ3n) is 3.52. The average molecular weight is 367 g/mol. The van der Waals surface area contributed by atoms with Crippen LogP contribution in [0.5, 0.6) is 0 Å². The van der Waals surface area contributed by atoms with Crippen LogP contribution in [0.1, 0.15) is 20.8 Å². The zero-order valence-electron chi connectivity index (χ0n) is 12.9. The molecule has 0 saturated carbocycles. The molecule has 1 saturated heterocycles. The number of aromatic nitrogens is 3. The number of amides is 1. The van der Waals surface area contributed by atoms with Crippen LogP contribution in [0.15, 0.2) is 22.7 Å². The number of halogens is 1. The van der Waals surface area contributed by atoms with Gasteiger partial charge in [0.05, 0.1) is 5.52 Å². The second kappa shape index (κ2) is 5.53. The molecule has 1 aliphatic heterocycles. The first-order chi connectivity index (χ1) is 10.3. The molecule has 7 heteroatoms. The lowest BCUT2D eigenvalue weighted by Gasteiger charge is -2.39. The summed E-state index contributed by atoms with van der Waals surface area (Å²) in [6.07, 6.45) is -0.240. The van der Waals surface area contributed by atoms with Gasteiger partial charge in [0.1, 0.15) is 11.1 Å². The molecule has 6 nitrogen and oxygen atoms in total. The van der Waals surface area contributed by atoms with Crippen molar-refractivity contribution in [3.8, 4) is 0 Å². The summed E-state index contributed by atoms with van der Waals surface area (Å²) >= 11 is 3.43. The Labute approximate surface area is 137 Å². The first-order valence-electron chi connectivity index (χ1n) is 7.28. The van der Waals surface area contributed by atoms with Gasteiger partial charge in [-0.2, -0.15) is 0 Å². The molecule has 0 spiro atoms. The highest BCUT2D eigenvalue weighted by molar-refractivity contribution is 9.10. The van der Waals surface area contributed by atoms with E-state index < -0.39 is 5.60 Å². The first kappa shape index (κ1) is 15.3. The largest absolute Gasteiger partial charge is 0.444 e. The Hall–Kier alpha value is -1.63. The minimum atomic E-state index is -0.447. The molecule has 1 fully saturated rings. The molecule has 1 aromatic heterocycles. The molecule has 0 bridgehead atoms. The summed E-state index contributed by atoms with van der Waals surface area (Å²) in [6.45, 7) is 7.79. The minimum Gasteiger partial charge on any atom is -0.444 e. The number of nitrogens with zero attached hydrogens (tertiary/aromatic N) is 4. The summed E-state index contributed by atoms with van der Waals surface area (Å²) in [5, 5.41) is 8.37.